The van der Waals surface area contributed by atoms with Gasteiger partial charge in [-0.3, -0.25) is 4.57 Å². The molecule has 1 heterocycles. The standard InChI is InChI=1S/C21H23BrNO6P/c1-4-27-30(26,28-5-2)21(14-6-9-18(24)17(22)11-14)23-15-7-8-16-13(3)10-20(25)29-19(16)12-15/h6-12,21,23-24H,4-5H2,1-3H3. The fourth-order valence-electron chi connectivity index (χ4n) is 3.16. The van der Waals surface area contributed by atoms with E-state index in [0.717, 1.165) is 10.9 Å². The predicted octanol–water partition coefficient (Wildman–Crippen LogP) is 5.95. The number of halogens is 1. The zero-order chi connectivity index (χ0) is 21.9. The van der Waals surface area contributed by atoms with Crippen molar-refractivity contribution >= 4 is 40.2 Å². The van der Waals surface area contributed by atoms with Gasteiger partial charge in [-0.25, -0.2) is 4.79 Å². The van der Waals surface area contributed by atoms with Crippen molar-refractivity contribution in [3.63, 3.8) is 0 Å². The summed E-state index contributed by atoms with van der Waals surface area (Å²) in [5.41, 5.74) is 1.95. The summed E-state index contributed by atoms with van der Waals surface area (Å²) in [5, 5.41) is 13.9. The van der Waals surface area contributed by atoms with Crippen LogP contribution in [-0.4, -0.2) is 18.3 Å². The minimum absolute atomic E-state index is 0.0584. The van der Waals surface area contributed by atoms with Crippen molar-refractivity contribution in [3.8, 4) is 5.75 Å². The first kappa shape index (κ1) is 22.6. The van der Waals surface area contributed by atoms with Gasteiger partial charge in [0, 0.05) is 23.2 Å². The van der Waals surface area contributed by atoms with E-state index < -0.39 is 19.0 Å². The molecule has 0 saturated carbocycles. The molecule has 3 rings (SSSR count). The number of aryl methyl sites for hydroxylation is 1. The van der Waals surface area contributed by atoms with Gasteiger partial charge in [0.05, 0.1) is 17.7 Å². The summed E-state index contributed by atoms with van der Waals surface area (Å²) in [7, 11) is -3.64. The highest BCUT2D eigenvalue weighted by Gasteiger charge is 2.37. The van der Waals surface area contributed by atoms with E-state index in [2.05, 4.69) is 21.2 Å². The summed E-state index contributed by atoms with van der Waals surface area (Å²) < 4.78 is 30.5. The van der Waals surface area contributed by atoms with Gasteiger partial charge in [0.15, 0.2) is 5.78 Å². The predicted molar refractivity (Wildman–Crippen MR) is 120 cm³/mol. The maximum atomic E-state index is 13.6. The van der Waals surface area contributed by atoms with Crippen LogP contribution in [0.4, 0.5) is 5.69 Å². The zero-order valence-corrected chi connectivity index (χ0v) is 19.3. The molecule has 0 bridgehead atoms. The minimum atomic E-state index is -3.64. The van der Waals surface area contributed by atoms with E-state index in [9.17, 15) is 14.5 Å². The molecular formula is C21H23BrNO6P. The lowest BCUT2D eigenvalue weighted by atomic mass is 10.1. The first-order valence-corrected chi connectivity index (χ1v) is 11.9. The normalized spacial score (nSPS) is 12.8. The van der Waals surface area contributed by atoms with Crippen LogP contribution in [-0.2, 0) is 13.6 Å². The number of benzene rings is 2. The molecule has 0 amide bonds. The number of hydrogen-bond donors (Lipinski definition) is 2. The fraction of sp³-hybridized carbons (Fsp3) is 0.286. The smallest absolute Gasteiger partial charge is 0.357 e. The van der Waals surface area contributed by atoms with E-state index in [1.54, 1.807) is 38.1 Å². The van der Waals surface area contributed by atoms with Gasteiger partial charge in [-0.2, -0.15) is 0 Å². The Morgan fingerprint density at radius 2 is 1.83 bits per heavy atom. The van der Waals surface area contributed by atoms with Gasteiger partial charge in [0.25, 0.3) is 0 Å². The molecule has 3 aromatic rings. The molecule has 0 aliphatic rings. The highest BCUT2D eigenvalue weighted by atomic mass is 79.9. The van der Waals surface area contributed by atoms with Crippen molar-refractivity contribution in [2.75, 3.05) is 18.5 Å². The van der Waals surface area contributed by atoms with Gasteiger partial charge in [0.1, 0.15) is 11.3 Å². The number of phenols is 1. The minimum Gasteiger partial charge on any atom is -0.507 e. The van der Waals surface area contributed by atoms with Crippen LogP contribution in [0.1, 0.15) is 30.8 Å². The third kappa shape index (κ3) is 4.78. The van der Waals surface area contributed by atoms with Crippen LogP contribution in [0.5, 0.6) is 5.75 Å². The van der Waals surface area contributed by atoms with Crippen LogP contribution >= 0.6 is 23.5 Å². The summed E-state index contributed by atoms with van der Waals surface area (Å²) in [5.74, 6) is -0.800. The molecular weight excluding hydrogens is 473 g/mol. The maximum absolute atomic E-state index is 13.6. The van der Waals surface area contributed by atoms with Crippen LogP contribution in [0.15, 0.2) is 56.1 Å². The first-order chi connectivity index (χ1) is 14.3. The zero-order valence-electron chi connectivity index (χ0n) is 16.8. The number of phenolic OH excluding ortho intramolecular Hbond substituents is 1. The quantitative estimate of drug-likeness (QED) is 0.294. The van der Waals surface area contributed by atoms with Crippen molar-refractivity contribution in [1.82, 2.24) is 0 Å². The summed E-state index contributed by atoms with van der Waals surface area (Å²) in [6.45, 7) is 5.70. The monoisotopic (exact) mass is 495 g/mol. The molecule has 160 valence electrons. The average Bonchev–Trinajstić information content (AvgIpc) is 2.68. The number of rotatable bonds is 8. The maximum Gasteiger partial charge on any atom is 0.357 e. The molecule has 2 N–H and O–H groups in total. The Morgan fingerprint density at radius 3 is 2.47 bits per heavy atom. The molecule has 0 radical (unpaired) electrons. The molecule has 7 nitrogen and oxygen atoms in total. The van der Waals surface area contributed by atoms with Crippen molar-refractivity contribution in [2.45, 2.75) is 26.6 Å². The summed E-state index contributed by atoms with van der Waals surface area (Å²) >= 11 is 3.29. The van der Waals surface area contributed by atoms with E-state index in [-0.39, 0.29) is 19.0 Å². The Labute approximate surface area is 182 Å². The molecule has 1 aromatic heterocycles. The third-order valence-corrected chi connectivity index (χ3v) is 7.41. The number of aromatic hydroxyl groups is 1. The lowest BCUT2D eigenvalue weighted by molar-refractivity contribution is 0.214. The van der Waals surface area contributed by atoms with Crippen LogP contribution in [0.3, 0.4) is 0 Å². The molecule has 2 aromatic carbocycles. The van der Waals surface area contributed by atoms with Gasteiger partial charge in [-0.05, 0) is 72.1 Å². The molecule has 1 unspecified atom stereocenters. The van der Waals surface area contributed by atoms with E-state index in [1.807, 2.05) is 13.0 Å². The van der Waals surface area contributed by atoms with Gasteiger partial charge < -0.3 is 23.9 Å². The van der Waals surface area contributed by atoms with Crippen molar-refractivity contribution < 1.29 is 23.1 Å². The highest BCUT2D eigenvalue weighted by Crippen LogP contribution is 2.61. The molecule has 0 saturated heterocycles. The van der Waals surface area contributed by atoms with Gasteiger partial charge in [-0.1, -0.05) is 6.07 Å². The van der Waals surface area contributed by atoms with E-state index in [0.29, 0.717) is 21.3 Å². The van der Waals surface area contributed by atoms with Gasteiger partial charge in [0.2, 0.25) is 0 Å². The van der Waals surface area contributed by atoms with Crippen molar-refractivity contribution in [2.24, 2.45) is 0 Å². The Bertz CT molecular complexity index is 1150. The van der Waals surface area contributed by atoms with Crippen LogP contribution in [0.2, 0.25) is 0 Å². The van der Waals surface area contributed by atoms with Crippen LogP contribution in [0.25, 0.3) is 11.0 Å². The number of fused-ring (bicyclic) bond motifs is 1. The number of nitrogens with one attached hydrogen (secondary N) is 1. The van der Waals surface area contributed by atoms with Gasteiger partial charge >= 0.3 is 13.2 Å². The first-order valence-electron chi connectivity index (χ1n) is 9.45. The molecule has 9 heteroatoms. The highest BCUT2D eigenvalue weighted by molar-refractivity contribution is 9.10. The molecule has 1 atom stereocenters. The lowest BCUT2D eigenvalue weighted by Crippen LogP contribution is -2.15. The van der Waals surface area contributed by atoms with Gasteiger partial charge in [-0.15, -0.1) is 0 Å². The topological polar surface area (TPSA) is 98.0 Å². The second kappa shape index (κ2) is 9.35. The SMILES string of the molecule is CCOP(=O)(OCC)C(Nc1ccc2c(C)cc(=O)oc2c1)c1ccc(O)c(Br)c1. The van der Waals surface area contributed by atoms with Crippen LogP contribution < -0.4 is 10.9 Å². The largest absolute Gasteiger partial charge is 0.507 e. The molecule has 30 heavy (non-hydrogen) atoms. The Kier molecular flexibility index (Phi) is 7.03. The third-order valence-electron chi connectivity index (χ3n) is 4.48. The molecule has 0 aliphatic carbocycles. The Hall–Kier alpha value is -2.12. The number of anilines is 1. The summed E-state index contributed by atoms with van der Waals surface area (Å²) in [4.78, 5) is 11.8. The van der Waals surface area contributed by atoms with E-state index in [1.165, 1.54) is 12.1 Å². The second-order valence-corrected chi connectivity index (χ2v) is 9.56. The average molecular weight is 496 g/mol. The van der Waals surface area contributed by atoms with Crippen LogP contribution in [0, 0.1) is 6.92 Å². The Balaban J connectivity index is 2.10. The summed E-state index contributed by atoms with van der Waals surface area (Å²) in [6.07, 6.45) is 0. The second-order valence-electron chi connectivity index (χ2n) is 6.59. The Morgan fingerprint density at radius 1 is 1.13 bits per heavy atom. The molecule has 0 fully saturated rings. The molecule has 0 aliphatic heterocycles. The van der Waals surface area contributed by atoms with E-state index >= 15 is 0 Å². The van der Waals surface area contributed by atoms with E-state index in [4.69, 9.17) is 13.5 Å². The lowest BCUT2D eigenvalue weighted by Gasteiger charge is -2.28. The fourth-order valence-corrected chi connectivity index (χ4v) is 5.48. The van der Waals surface area contributed by atoms with Crippen molar-refractivity contribution in [1.29, 1.82) is 0 Å². The molecule has 0 spiro atoms. The van der Waals surface area contributed by atoms with Crippen molar-refractivity contribution in [3.05, 3.63) is 68.5 Å². The summed E-state index contributed by atoms with van der Waals surface area (Å²) in [6, 6.07) is 11.5. The number of hydrogen-bond acceptors (Lipinski definition) is 7.